The Labute approximate surface area is 101 Å². The van der Waals surface area contributed by atoms with Crippen molar-refractivity contribution in [2.75, 3.05) is 6.54 Å². The molecule has 8 nitrogen and oxygen atoms in total. The molecule has 0 saturated carbocycles. The molecule has 2 atom stereocenters. The van der Waals surface area contributed by atoms with Gasteiger partial charge in [-0.3, -0.25) is 14.5 Å². The summed E-state index contributed by atoms with van der Waals surface area (Å²) in [4.78, 5) is 34.3. The van der Waals surface area contributed by atoms with Crippen LogP contribution in [-0.2, 0) is 11.3 Å². The number of hydrogen-bond acceptors (Lipinski definition) is 5. The van der Waals surface area contributed by atoms with E-state index in [2.05, 4.69) is 5.32 Å². The van der Waals surface area contributed by atoms with Crippen LogP contribution in [0.4, 0.5) is 0 Å². The van der Waals surface area contributed by atoms with Crippen LogP contribution in [0.1, 0.15) is 16.1 Å². The standard InChI is InChI=1S/C10H11N3O5/c14-5-11-8-4-12(8)3-6-1-2-7(10(16)17)13(18)9(6)15/h1-2,5,8,18H,3-4H2,(H,11,14)(H,16,17). The van der Waals surface area contributed by atoms with Gasteiger partial charge < -0.3 is 15.6 Å². The van der Waals surface area contributed by atoms with E-state index in [0.29, 0.717) is 13.0 Å². The summed E-state index contributed by atoms with van der Waals surface area (Å²) in [5.41, 5.74) is -0.999. The molecule has 1 saturated heterocycles. The molecule has 0 aliphatic carbocycles. The van der Waals surface area contributed by atoms with Crippen LogP contribution in [0.25, 0.3) is 0 Å². The van der Waals surface area contributed by atoms with Crippen molar-refractivity contribution in [3.63, 3.8) is 0 Å². The Morgan fingerprint density at radius 2 is 2.28 bits per heavy atom. The van der Waals surface area contributed by atoms with Gasteiger partial charge in [-0.05, 0) is 12.1 Å². The first-order valence-corrected chi connectivity index (χ1v) is 5.16. The van der Waals surface area contributed by atoms with Gasteiger partial charge in [0.05, 0.1) is 6.17 Å². The maximum atomic E-state index is 11.7. The molecule has 2 rings (SSSR count). The SMILES string of the molecule is O=CNC1CN1Cc1ccc(C(=O)O)n(O)c1=O. The number of rotatable bonds is 5. The second kappa shape index (κ2) is 4.49. The molecule has 18 heavy (non-hydrogen) atoms. The Morgan fingerprint density at radius 3 is 2.89 bits per heavy atom. The van der Waals surface area contributed by atoms with Crippen LogP contribution in [0.2, 0.25) is 0 Å². The third-order valence-corrected chi connectivity index (χ3v) is 2.71. The molecular weight excluding hydrogens is 242 g/mol. The van der Waals surface area contributed by atoms with Crippen molar-refractivity contribution < 1.29 is 19.9 Å². The number of hydrogen-bond donors (Lipinski definition) is 3. The lowest BCUT2D eigenvalue weighted by Gasteiger charge is -2.06. The molecule has 0 bridgehead atoms. The number of carboxylic acids is 1. The zero-order chi connectivity index (χ0) is 13.3. The number of nitrogens with zero attached hydrogens (tertiary/aromatic N) is 2. The number of nitrogens with one attached hydrogen (secondary N) is 1. The predicted octanol–water partition coefficient (Wildman–Crippen LogP) is -1.33. The maximum absolute atomic E-state index is 11.7. The van der Waals surface area contributed by atoms with Gasteiger partial charge in [-0.1, -0.05) is 0 Å². The molecule has 0 aromatic carbocycles. The number of carbonyl (C=O) groups excluding carboxylic acids is 1. The fourth-order valence-corrected chi connectivity index (χ4v) is 1.65. The Kier molecular flexibility index (Phi) is 3.02. The minimum atomic E-state index is -1.38. The van der Waals surface area contributed by atoms with Crippen molar-refractivity contribution in [3.8, 4) is 0 Å². The van der Waals surface area contributed by atoms with E-state index in [1.165, 1.54) is 6.07 Å². The molecule has 1 aliphatic heterocycles. The first kappa shape index (κ1) is 12.1. The molecule has 1 amide bonds. The number of amides is 1. The summed E-state index contributed by atoms with van der Waals surface area (Å²) in [6.07, 6.45) is 0.468. The van der Waals surface area contributed by atoms with Crippen molar-refractivity contribution in [2.24, 2.45) is 0 Å². The normalized spacial score (nSPS) is 21.3. The van der Waals surface area contributed by atoms with Gasteiger partial charge in [0, 0.05) is 18.7 Å². The number of pyridine rings is 1. The van der Waals surface area contributed by atoms with E-state index in [0.717, 1.165) is 6.07 Å². The summed E-state index contributed by atoms with van der Waals surface area (Å²) in [5, 5.41) is 20.6. The van der Waals surface area contributed by atoms with Gasteiger partial charge in [0.25, 0.3) is 5.56 Å². The smallest absolute Gasteiger partial charge is 0.356 e. The van der Waals surface area contributed by atoms with Gasteiger partial charge in [-0.2, -0.15) is 0 Å². The zero-order valence-corrected chi connectivity index (χ0v) is 9.24. The molecule has 3 N–H and O–H groups in total. The van der Waals surface area contributed by atoms with Gasteiger partial charge in [-0.15, -0.1) is 4.73 Å². The van der Waals surface area contributed by atoms with E-state index in [9.17, 15) is 19.6 Å². The summed E-state index contributed by atoms with van der Waals surface area (Å²) in [6.45, 7) is 0.856. The Balaban J connectivity index is 2.16. The molecule has 0 spiro atoms. The van der Waals surface area contributed by atoms with E-state index >= 15 is 0 Å². The number of aromatic nitrogens is 1. The highest BCUT2D eigenvalue weighted by atomic mass is 16.5. The molecule has 8 heteroatoms. The average molecular weight is 253 g/mol. The van der Waals surface area contributed by atoms with E-state index < -0.39 is 17.2 Å². The van der Waals surface area contributed by atoms with E-state index in [4.69, 9.17) is 5.11 Å². The summed E-state index contributed by atoms with van der Waals surface area (Å²) >= 11 is 0. The fourth-order valence-electron chi connectivity index (χ4n) is 1.65. The number of carbonyl (C=O) groups is 2. The quantitative estimate of drug-likeness (QED) is 0.340. The van der Waals surface area contributed by atoms with Crippen LogP contribution in [-0.4, -0.2) is 45.0 Å². The Bertz CT molecular complexity index is 553. The lowest BCUT2D eigenvalue weighted by atomic mass is 10.2. The van der Waals surface area contributed by atoms with Gasteiger partial charge >= 0.3 is 5.97 Å². The maximum Gasteiger partial charge on any atom is 0.356 e. The molecule has 2 unspecified atom stereocenters. The van der Waals surface area contributed by atoms with Crippen LogP contribution in [0.15, 0.2) is 16.9 Å². The Morgan fingerprint density at radius 1 is 1.56 bits per heavy atom. The van der Waals surface area contributed by atoms with Gasteiger partial charge in [0.2, 0.25) is 6.41 Å². The highest BCUT2D eigenvalue weighted by Crippen LogP contribution is 2.16. The van der Waals surface area contributed by atoms with Crippen molar-refractivity contribution in [2.45, 2.75) is 12.7 Å². The molecule has 1 aromatic heterocycles. The molecule has 96 valence electrons. The summed E-state index contributed by atoms with van der Waals surface area (Å²) in [7, 11) is 0. The monoisotopic (exact) mass is 253 g/mol. The molecule has 0 radical (unpaired) electrons. The van der Waals surface area contributed by atoms with Crippen LogP contribution >= 0.6 is 0 Å². The topological polar surface area (TPSA) is 112 Å². The van der Waals surface area contributed by atoms with Crippen LogP contribution < -0.4 is 10.9 Å². The molecule has 2 heterocycles. The molecule has 1 aliphatic rings. The Hall–Kier alpha value is -2.35. The number of aromatic carboxylic acids is 1. The highest BCUT2D eigenvalue weighted by molar-refractivity contribution is 5.85. The largest absolute Gasteiger partial charge is 0.476 e. The third-order valence-electron chi connectivity index (χ3n) is 2.71. The van der Waals surface area contributed by atoms with Crippen molar-refractivity contribution in [3.05, 3.63) is 33.7 Å². The van der Waals surface area contributed by atoms with Crippen molar-refractivity contribution >= 4 is 12.4 Å². The van der Waals surface area contributed by atoms with Crippen LogP contribution in [0.5, 0.6) is 0 Å². The summed E-state index contributed by atoms with van der Waals surface area (Å²) < 4.78 is 0.114. The summed E-state index contributed by atoms with van der Waals surface area (Å²) in [5.74, 6) is -1.38. The van der Waals surface area contributed by atoms with E-state index in [1.807, 2.05) is 0 Å². The lowest BCUT2D eigenvalue weighted by molar-refractivity contribution is -0.109. The minimum Gasteiger partial charge on any atom is -0.476 e. The van der Waals surface area contributed by atoms with E-state index in [1.54, 1.807) is 4.90 Å². The highest BCUT2D eigenvalue weighted by Gasteiger charge is 2.34. The first-order chi connectivity index (χ1) is 8.54. The van der Waals surface area contributed by atoms with Crippen LogP contribution in [0.3, 0.4) is 0 Å². The second-order valence-corrected chi connectivity index (χ2v) is 3.90. The second-order valence-electron chi connectivity index (χ2n) is 3.90. The molecule has 1 fully saturated rings. The third kappa shape index (κ3) is 2.18. The van der Waals surface area contributed by atoms with Gasteiger partial charge in [-0.25, -0.2) is 4.79 Å². The summed E-state index contributed by atoms with van der Waals surface area (Å²) in [6, 6.07) is 2.51. The van der Waals surface area contributed by atoms with Crippen molar-refractivity contribution in [1.29, 1.82) is 0 Å². The van der Waals surface area contributed by atoms with Crippen LogP contribution in [0, 0.1) is 0 Å². The van der Waals surface area contributed by atoms with Crippen molar-refractivity contribution in [1.82, 2.24) is 14.9 Å². The molecule has 1 aromatic rings. The average Bonchev–Trinajstić information content (AvgIpc) is 3.03. The minimum absolute atomic E-state index is 0.104. The van der Waals surface area contributed by atoms with Gasteiger partial charge in [0.15, 0.2) is 5.69 Å². The zero-order valence-electron chi connectivity index (χ0n) is 9.24. The molecular formula is C10H11N3O5. The first-order valence-electron chi connectivity index (χ1n) is 5.16. The van der Waals surface area contributed by atoms with E-state index in [-0.39, 0.29) is 23.0 Å². The lowest BCUT2D eigenvalue weighted by Crippen LogP contribution is -2.28. The predicted molar refractivity (Wildman–Crippen MR) is 58.2 cm³/mol. The number of carboxylic acid groups (broad SMARTS) is 1. The fraction of sp³-hybridized carbons (Fsp3) is 0.300. The van der Waals surface area contributed by atoms with Gasteiger partial charge in [0.1, 0.15) is 0 Å².